The topological polar surface area (TPSA) is 44.4 Å². The Balaban J connectivity index is 1.61. The van der Waals surface area contributed by atoms with Crippen LogP contribution >= 0.6 is 0 Å². The summed E-state index contributed by atoms with van der Waals surface area (Å²) in [6.07, 6.45) is 3.79. The van der Waals surface area contributed by atoms with Crippen LogP contribution in [-0.2, 0) is 4.79 Å². The normalized spacial score (nSPS) is 14.3. The highest BCUT2D eigenvalue weighted by molar-refractivity contribution is 5.94. The molecule has 0 aromatic heterocycles. The third-order valence-electron chi connectivity index (χ3n) is 4.34. The minimum Gasteiger partial charge on any atom is -0.374 e. The number of hydrogen-bond acceptors (Lipinski definition) is 3. The molecule has 0 atom stereocenters. The van der Waals surface area contributed by atoms with Crippen LogP contribution in [-0.4, -0.2) is 25.5 Å². The molecule has 0 aliphatic carbocycles. The first-order valence-corrected chi connectivity index (χ1v) is 8.67. The summed E-state index contributed by atoms with van der Waals surface area (Å²) in [6, 6.07) is 16.1. The maximum Gasteiger partial charge on any atom is 0.243 e. The first-order valence-electron chi connectivity index (χ1n) is 8.67. The Morgan fingerprint density at radius 3 is 2.62 bits per heavy atom. The second kappa shape index (κ2) is 7.86. The van der Waals surface area contributed by atoms with Crippen LogP contribution in [0.25, 0.3) is 0 Å². The van der Waals surface area contributed by atoms with Crippen LogP contribution in [0.1, 0.15) is 24.8 Å². The summed E-state index contributed by atoms with van der Waals surface area (Å²) in [5, 5.41) is 6.23. The molecule has 1 fully saturated rings. The minimum atomic E-state index is -0.0333. The zero-order valence-electron chi connectivity index (χ0n) is 14.2. The number of rotatable bonds is 5. The Morgan fingerprint density at radius 2 is 1.83 bits per heavy atom. The third kappa shape index (κ3) is 4.28. The van der Waals surface area contributed by atoms with E-state index in [1.807, 2.05) is 43.3 Å². The van der Waals surface area contributed by atoms with E-state index in [-0.39, 0.29) is 12.5 Å². The van der Waals surface area contributed by atoms with Gasteiger partial charge in [0.15, 0.2) is 0 Å². The van der Waals surface area contributed by atoms with Crippen molar-refractivity contribution in [2.75, 3.05) is 35.2 Å². The number of benzene rings is 2. The summed E-state index contributed by atoms with van der Waals surface area (Å²) in [7, 11) is 0. The number of para-hydroxylation sites is 2. The van der Waals surface area contributed by atoms with Gasteiger partial charge in [0.05, 0.1) is 17.9 Å². The molecule has 1 aliphatic heterocycles. The van der Waals surface area contributed by atoms with Gasteiger partial charge in [0.2, 0.25) is 5.91 Å². The van der Waals surface area contributed by atoms with Crippen molar-refractivity contribution in [1.82, 2.24) is 0 Å². The number of nitrogens with one attached hydrogen (secondary N) is 2. The van der Waals surface area contributed by atoms with Gasteiger partial charge in [-0.1, -0.05) is 24.3 Å². The van der Waals surface area contributed by atoms with Crippen LogP contribution in [0.3, 0.4) is 0 Å². The summed E-state index contributed by atoms with van der Waals surface area (Å²) in [5.41, 5.74) is 4.20. The van der Waals surface area contributed by atoms with Gasteiger partial charge < -0.3 is 15.5 Å². The molecule has 4 nitrogen and oxygen atoms in total. The van der Waals surface area contributed by atoms with Crippen molar-refractivity contribution < 1.29 is 4.79 Å². The van der Waals surface area contributed by atoms with Gasteiger partial charge in [0.1, 0.15) is 0 Å². The van der Waals surface area contributed by atoms with E-state index in [2.05, 4.69) is 27.7 Å². The monoisotopic (exact) mass is 323 g/mol. The Labute approximate surface area is 143 Å². The maximum absolute atomic E-state index is 12.2. The lowest BCUT2D eigenvalue weighted by atomic mass is 10.1. The Morgan fingerprint density at radius 1 is 1.04 bits per heavy atom. The molecule has 0 saturated carbocycles. The fourth-order valence-electron chi connectivity index (χ4n) is 3.14. The summed E-state index contributed by atoms with van der Waals surface area (Å²) in [5.74, 6) is -0.0333. The van der Waals surface area contributed by atoms with Gasteiger partial charge in [-0.05, 0) is 56.0 Å². The van der Waals surface area contributed by atoms with E-state index in [9.17, 15) is 4.79 Å². The number of hydrogen-bond donors (Lipinski definition) is 2. The molecule has 1 saturated heterocycles. The second-order valence-electron chi connectivity index (χ2n) is 6.34. The molecule has 3 rings (SSSR count). The number of nitrogens with zero attached hydrogens (tertiary/aromatic N) is 1. The lowest BCUT2D eigenvalue weighted by molar-refractivity contribution is -0.114. The molecule has 2 aromatic rings. The van der Waals surface area contributed by atoms with Crippen molar-refractivity contribution in [3.63, 3.8) is 0 Å². The molecule has 1 aliphatic rings. The standard InChI is InChI=1S/C20H25N3O/c1-16-8-7-9-17(14-16)22-20(24)15-21-18-10-3-4-11-19(18)23-12-5-2-6-13-23/h3-4,7-11,14,21H,2,5-6,12-13,15H2,1H3,(H,22,24). The van der Waals surface area contributed by atoms with Gasteiger partial charge in [-0.25, -0.2) is 0 Å². The van der Waals surface area contributed by atoms with Crippen molar-refractivity contribution in [2.45, 2.75) is 26.2 Å². The average Bonchev–Trinajstić information content (AvgIpc) is 2.61. The minimum absolute atomic E-state index is 0.0333. The molecule has 0 unspecified atom stereocenters. The Hall–Kier alpha value is -2.49. The molecule has 1 heterocycles. The zero-order valence-corrected chi connectivity index (χ0v) is 14.2. The highest BCUT2D eigenvalue weighted by atomic mass is 16.1. The third-order valence-corrected chi connectivity index (χ3v) is 4.34. The molecule has 126 valence electrons. The highest BCUT2D eigenvalue weighted by Gasteiger charge is 2.14. The van der Waals surface area contributed by atoms with Crippen molar-refractivity contribution in [3.05, 3.63) is 54.1 Å². The average molecular weight is 323 g/mol. The molecule has 1 amide bonds. The van der Waals surface area contributed by atoms with Crippen molar-refractivity contribution in [2.24, 2.45) is 0 Å². The summed E-state index contributed by atoms with van der Waals surface area (Å²) in [6.45, 7) is 4.46. The molecular formula is C20H25N3O. The lowest BCUT2D eigenvalue weighted by Gasteiger charge is -2.30. The molecule has 0 spiro atoms. The van der Waals surface area contributed by atoms with E-state index in [1.54, 1.807) is 0 Å². The Kier molecular flexibility index (Phi) is 5.36. The highest BCUT2D eigenvalue weighted by Crippen LogP contribution is 2.28. The zero-order chi connectivity index (χ0) is 16.8. The molecule has 0 bridgehead atoms. The maximum atomic E-state index is 12.2. The summed E-state index contributed by atoms with van der Waals surface area (Å²) < 4.78 is 0. The van der Waals surface area contributed by atoms with Crippen molar-refractivity contribution in [1.29, 1.82) is 0 Å². The van der Waals surface area contributed by atoms with Gasteiger partial charge in [-0.15, -0.1) is 0 Å². The number of carbonyl (C=O) groups excluding carboxylic acids is 1. The molecule has 4 heteroatoms. The SMILES string of the molecule is Cc1cccc(NC(=O)CNc2ccccc2N2CCCCC2)c1. The van der Waals surface area contributed by atoms with E-state index in [1.165, 1.54) is 24.9 Å². The van der Waals surface area contributed by atoms with Crippen LogP contribution in [0.5, 0.6) is 0 Å². The quantitative estimate of drug-likeness (QED) is 0.873. The van der Waals surface area contributed by atoms with Crippen molar-refractivity contribution in [3.8, 4) is 0 Å². The van der Waals surface area contributed by atoms with E-state index in [4.69, 9.17) is 0 Å². The summed E-state index contributed by atoms with van der Waals surface area (Å²) in [4.78, 5) is 14.6. The van der Waals surface area contributed by atoms with Crippen molar-refractivity contribution >= 4 is 23.0 Å². The van der Waals surface area contributed by atoms with Gasteiger partial charge in [0, 0.05) is 18.8 Å². The van der Waals surface area contributed by atoms with Crippen LogP contribution in [0.4, 0.5) is 17.1 Å². The predicted molar refractivity (Wildman–Crippen MR) is 101 cm³/mol. The largest absolute Gasteiger partial charge is 0.374 e. The number of carbonyl (C=O) groups is 1. The molecule has 2 aromatic carbocycles. The molecule has 2 N–H and O–H groups in total. The predicted octanol–water partition coefficient (Wildman–Crippen LogP) is 4.04. The fraction of sp³-hybridized carbons (Fsp3) is 0.350. The van der Waals surface area contributed by atoms with Crippen LogP contribution in [0, 0.1) is 6.92 Å². The van der Waals surface area contributed by atoms with Gasteiger partial charge in [-0.3, -0.25) is 4.79 Å². The van der Waals surface area contributed by atoms with Crippen LogP contribution in [0.2, 0.25) is 0 Å². The molecule has 0 radical (unpaired) electrons. The van der Waals surface area contributed by atoms with E-state index in [0.717, 1.165) is 30.0 Å². The first kappa shape index (κ1) is 16.4. The van der Waals surface area contributed by atoms with Gasteiger partial charge >= 0.3 is 0 Å². The first-order chi connectivity index (χ1) is 11.7. The van der Waals surface area contributed by atoms with Crippen LogP contribution < -0.4 is 15.5 Å². The Bertz CT molecular complexity index is 693. The number of anilines is 3. The fourth-order valence-corrected chi connectivity index (χ4v) is 3.14. The van der Waals surface area contributed by atoms with E-state index >= 15 is 0 Å². The number of piperidine rings is 1. The molecular weight excluding hydrogens is 298 g/mol. The molecule has 24 heavy (non-hydrogen) atoms. The number of aryl methyl sites for hydroxylation is 1. The number of amides is 1. The smallest absolute Gasteiger partial charge is 0.243 e. The van der Waals surface area contributed by atoms with Gasteiger partial charge in [-0.2, -0.15) is 0 Å². The van der Waals surface area contributed by atoms with E-state index in [0.29, 0.717) is 0 Å². The lowest BCUT2D eigenvalue weighted by Crippen LogP contribution is -2.30. The summed E-state index contributed by atoms with van der Waals surface area (Å²) >= 11 is 0. The van der Waals surface area contributed by atoms with E-state index < -0.39 is 0 Å². The second-order valence-corrected chi connectivity index (χ2v) is 6.34. The van der Waals surface area contributed by atoms with Crippen LogP contribution in [0.15, 0.2) is 48.5 Å². The van der Waals surface area contributed by atoms with Gasteiger partial charge in [0.25, 0.3) is 0 Å².